The summed E-state index contributed by atoms with van der Waals surface area (Å²) in [6.07, 6.45) is 1.88. The fourth-order valence-corrected chi connectivity index (χ4v) is 5.26. The first-order valence-electron chi connectivity index (χ1n) is 9.86. The Hall–Kier alpha value is -2.19. The van der Waals surface area contributed by atoms with Crippen LogP contribution in [0.25, 0.3) is 17.2 Å². The molecule has 1 aliphatic heterocycles. The molecule has 5 nitrogen and oxygen atoms in total. The number of fused-ring (bicyclic) bond motifs is 3. The molecule has 2 aromatic rings. The smallest absolute Gasteiger partial charge is 0.263 e. The Morgan fingerprint density at radius 2 is 1.70 bits per heavy atom. The average Bonchev–Trinajstić information content (AvgIpc) is 3.14. The Bertz CT molecular complexity index is 1060. The van der Waals surface area contributed by atoms with Gasteiger partial charge < -0.3 is 20.4 Å². The maximum atomic E-state index is 12.0. The van der Waals surface area contributed by atoms with Crippen molar-refractivity contribution in [3.63, 3.8) is 0 Å². The third-order valence-electron chi connectivity index (χ3n) is 5.73. The molecule has 30 heavy (non-hydrogen) atoms. The molecule has 156 valence electrons. The van der Waals surface area contributed by atoms with E-state index in [9.17, 15) is 15.0 Å². The first kappa shape index (κ1) is 21.1. The van der Waals surface area contributed by atoms with Gasteiger partial charge in [-0.3, -0.25) is 4.79 Å². The fraction of sp³-hybridized carbons (Fsp3) is 0.304. The van der Waals surface area contributed by atoms with E-state index in [4.69, 9.17) is 12.2 Å². The molecule has 0 spiro atoms. The second kappa shape index (κ2) is 8.15. The van der Waals surface area contributed by atoms with E-state index in [0.29, 0.717) is 22.3 Å². The van der Waals surface area contributed by atoms with Gasteiger partial charge in [-0.15, -0.1) is 0 Å². The molecule has 7 heteroatoms. The van der Waals surface area contributed by atoms with Gasteiger partial charge in [-0.1, -0.05) is 62.1 Å². The second-order valence-electron chi connectivity index (χ2n) is 7.95. The Morgan fingerprint density at radius 1 is 1.07 bits per heavy atom. The van der Waals surface area contributed by atoms with Gasteiger partial charge >= 0.3 is 0 Å². The summed E-state index contributed by atoms with van der Waals surface area (Å²) in [6, 6.07) is 12.6. The van der Waals surface area contributed by atoms with Gasteiger partial charge in [0.05, 0.1) is 18.1 Å². The van der Waals surface area contributed by atoms with Crippen LogP contribution >= 0.6 is 24.0 Å². The van der Waals surface area contributed by atoms with E-state index in [1.807, 2.05) is 23.1 Å². The van der Waals surface area contributed by atoms with Gasteiger partial charge in [-0.05, 0) is 46.0 Å². The summed E-state index contributed by atoms with van der Waals surface area (Å²) in [4.78, 5) is 14.6. The number of thiocarbonyl (C=S) groups is 1. The van der Waals surface area contributed by atoms with E-state index in [2.05, 4.69) is 43.4 Å². The number of nitrogens with one attached hydrogen (secondary N) is 1. The zero-order valence-corrected chi connectivity index (χ0v) is 18.6. The average molecular weight is 441 g/mol. The summed E-state index contributed by atoms with van der Waals surface area (Å²) in [6.45, 7) is 5.43. The van der Waals surface area contributed by atoms with Crippen molar-refractivity contribution in [3.8, 4) is 11.1 Å². The molecule has 2 aromatic carbocycles. The minimum atomic E-state index is -0.209. The normalized spacial score (nSPS) is 17.8. The van der Waals surface area contributed by atoms with Crippen molar-refractivity contribution in [1.29, 1.82) is 0 Å². The number of benzene rings is 2. The Labute approximate surface area is 185 Å². The lowest BCUT2D eigenvalue weighted by Gasteiger charge is -2.26. The number of amides is 1. The van der Waals surface area contributed by atoms with Crippen molar-refractivity contribution in [2.75, 3.05) is 31.2 Å². The van der Waals surface area contributed by atoms with Gasteiger partial charge in [-0.25, -0.2) is 0 Å². The van der Waals surface area contributed by atoms with Crippen LogP contribution in [0.5, 0.6) is 0 Å². The molecule has 1 fully saturated rings. The van der Waals surface area contributed by atoms with E-state index >= 15 is 0 Å². The summed E-state index contributed by atoms with van der Waals surface area (Å²) >= 11 is 6.37. The van der Waals surface area contributed by atoms with Gasteiger partial charge in [0.1, 0.15) is 4.32 Å². The molecule has 4 rings (SSSR count). The van der Waals surface area contributed by atoms with E-state index in [1.165, 1.54) is 34.0 Å². The van der Waals surface area contributed by atoms with Crippen LogP contribution in [-0.2, 0) is 10.2 Å². The highest BCUT2D eigenvalue weighted by molar-refractivity contribution is 8.26. The fourth-order valence-electron chi connectivity index (χ4n) is 4.21. The number of aliphatic hydroxyl groups is 2. The van der Waals surface area contributed by atoms with Gasteiger partial charge in [0, 0.05) is 24.2 Å². The second-order valence-corrected chi connectivity index (χ2v) is 9.67. The minimum Gasteiger partial charge on any atom is -0.395 e. The molecule has 2 aliphatic rings. The molecule has 0 saturated carbocycles. The zero-order valence-electron chi connectivity index (χ0n) is 16.9. The molecule has 1 amide bonds. The maximum absolute atomic E-state index is 12.0. The third-order valence-corrected chi connectivity index (χ3v) is 6.89. The summed E-state index contributed by atoms with van der Waals surface area (Å²) < 4.78 is 0.489. The predicted molar refractivity (Wildman–Crippen MR) is 127 cm³/mol. The maximum Gasteiger partial charge on any atom is 0.263 e. The van der Waals surface area contributed by atoms with Crippen molar-refractivity contribution in [3.05, 3.63) is 58.0 Å². The molecular formula is C23H24N2O3S2. The number of rotatable bonds is 6. The SMILES string of the molecule is CC1(C)c2cc(/C=C3\SC(=S)NC3=O)ccc2-c2ccc(N(CCO)CCO)cc21. The quantitative estimate of drug-likeness (QED) is 0.473. The number of anilines is 1. The minimum absolute atomic E-state index is 0.0355. The van der Waals surface area contributed by atoms with Crippen LogP contribution in [0.3, 0.4) is 0 Å². The Balaban J connectivity index is 1.73. The van der Waals surface area contributed by atoms with E-state index in [1.54, 1.807) is 0 Å². The number of hydrogen-bond donors (Lipinski definition) is 3. The predicted octanol–water partition coefficient (Wildman–Crippen LogP) is 3.27. The number of hydrogen-bond acceptors (Lipinski definition) is 6. The summed E-state index contributed by atoms with van der Waals surface area (Å²) in [5.74, 6) is -0.148. The highest BCUT2D eigenvalue weighted by Crippen LogP contribution is 2.50. The van der Waals surface area contributed by atoms with Crippen molar-refractivity contribution < 1.29 is 15.0 Å². The van der Waals surface area contributed by atoms with E-state index < -0.39 is 0 Å². The summed E-state index contributed by atoms with van der Waals surface area (Å²) in [5.41, 5.74) is 6.58. The molecule has 0 unspecified atom stereocenters. The molecule has 0 bridgehead atoms. The molecule has 3 N–H and O–H groups in total. The van der Waals surface area contributed by atoms with Gasteiger partial charge in [0.25, 0.3) is 5.91 Å². The van der Waals surface area contributed by atoms with Crippen LogP contribution in [0.15, 0.2) is 41.3 Å². The number of carbonyl (C=O) groups excluding carboxylic acids is 1. The van der Waals surface area contributed by atoms with Crippen molar-refractivity contribution in [1.82, 2.24) is 5.32 Å². The molecule has 1 heterocycles. The number of aliphatic hydroxyl groups excluding tert-OH is 2. The highest BCUT2D eigenvalue weighted by atomic mass is 32.2. The van der Waals surface area contributed by atoms with Crippen LogP contribution < -0.4 is 10.2 Å². The largest absolute Gasteiger partial charge is 0.395 e. The molecular weight excluding hydrogens is 416 g/mol. The monoisotopic (exact) mass is 440 g/mol. The molecule has 0 radical (unpaired) electrons. The van der Waals surface area contributed by atoms with Crippen molar-refractivity contribution in [2.24, 2.45) is 0 Å². The van der Waals surface area contributed by atoms with Gasteiger partial charge in [-0.2, -0.15) is 0 Å². The number of carbonyl (C=O) groups is 1. The lowest BCUT2D eigenvalue weighted by Crippen LogP contribution is -2.30. The van der Waals surface area contributed by atoms with Gasteiger partial charge in [0.15, 0.2) is 0 Å². The lowest BCUT2D eigenvalue weighted by molar-refractivity contribution is -0.115. The molecule has 0 atom stereocenters. The lowest BCUT2D eigenvalue weighted by atomic mass is 9.81. The molecule has 1 saturated heterocycles. The Kier molecular flexibility index (Phi) is 5.72. The van der Waals surface area contributed by atoms with Crippen molar-refractivity contribution in [2.45, 2.75) is 19.3 Å². The number of thioether (sulfide) groups is 1. The van der Waals surface area contributed by atoms with E-state index in [-0.39, 0.29) is 24.5 Å². The highest BCUT2D eigenvalue weighted by Gasteiger charge is 2.36. The van der Waals surface area contributed by atoms with Crippen molar-refractivity contribution >= 4 is 46.0 Å². The summed E-state index contributed by atoms with van der Waals surface area (Å²) in [7, 11) is 0. The van der Waals surface area contributed by atoms with Crippen LogP contribution in [0.4, 0.5) is 5.69 Å². The standard InChI is InChI=1S/C23H24N2O3S2/c1-23(2)18-11-14(12-20-21(28)24-22(29)30-20)3-5-16(18)17-6-4-15(13-19(17)23)25(7-9-26)8-10-27/h3-6,11-13,26-27H,7-10H2,1-2H3,(H,24,28,29)/b20-12-. The van der Waals surface area contributed by atoms with Crippen LogP contribution in [0, 0.1) is 0 Å². The summed E-state index contributed by atoms with van der Waals surface area (Å²) in [5, 5.41) is 21.4. The van der Waals surface area contributed by atoms with Crippen LogP contribution in [0.2, 0.25) is 0 Å². The molecule has 1 aliphatic carbocycles. The Morgan fingerprint density at radius 3 is 2.30 bits per heavy atom. The third kappa shape index (κ3) is 3.67. The topological polar surface area (TPSA) is 72.8 Å². The first-order valence-corrected chi connectivity index (χ1v) is 11.1. The first-order chi connectivity index (χ1) is 14.3. The molecule has 0 aromatic heterocycles. The zero-order chi connectivity index (χ0) is 21.5. The van der Waals surface area contributed by atoms with Crippen LogP contribution in [-0.4, -0.2) is 46.7 Å². The van der Waals surface area contributed by atoms with Gasteiger partial charge in [0.2, 0.25) is 0 Å². The van der Waals surface area contributed by atoms with Crippen LogP contribution in [0.1, 0.15) is 30.5 Å². The van der Waals surface area contributed by atoms with E-state index in [0.717, 1.165) is 11.3 Å². The number of nitrogens with zero attached hydrogens (tertiary/aromatic N) is 1.